The molecule has 0 aliphatic heterocycles. The van der Waals surface area contributed by atoms with Gasteiger partial charge in [-0.3, -0.25) is 0 Å². The lowest BCUT2D eigenvalue weighted by molar-refractivity contribution is -0.109. The first-order chi connectivity index (χ1) is 9.10. The van der Waals surface area contributed by atoms with Gasteiger partial charge < -0.3 is 9.22 Å². The molecule has 0 amide bonds. The third-order valence-electron chi connectivity index (χ3n) is 3.88. The molecule has 0 aromatic heterocycles. The molecule has 0 radical (unpaired) electrons. The zero-order valence-electron chi connectivity index (χ0n) is 12.7. The second-order valence-electron chi connectivity index (χ2n) is 6.41. The fourth-order valence-corrected chi connectivity index (χ4v) is 2.92. The second-order valence-corrected chi connectivity index (χ2v) is 11.2. The summed E-state index contributed by atoms with van der Waals surface area (Å²) in [5, 5.41) is -0.0715. The maximum Gasteiger partial charge on any atom is 0.164 e. The Kier molecular flexibility index (Phi) is 5.21. The van der Waals surface area contributed by atoms with E-state index in [1.807, 2.05) is 13.1 Å². The van der Waals surface area contributed by atoms with Crippen molar-refractivity contribution < 1.29 is 18.0 Å². The third-order valence-corrected chi connectivity index (χ3v) is 8.37. The quantitative estimate of drug-likeness (QED) is 0.586. The second kappa shape index (κ2) is 6.14. The van der Waals surface area contributed by atoms with Crippen LogP contribution in [0, 0.1) is 11.6 Å². The minimum Gasteiger partial charge on any atom is -0.559 e. The van der Waals surface area contributed by atoms with Crippen molar-refractivity contribution in [3.05, 3.63) is 35.4 Å². The first kappa shape index (κ1) is 17.0. The fraction of sp³-hybridized carbons (Fsp3) is 0.533. The zero-order valence-corrected chi connectivity index (χ0v) is 13.7. The molecule has 1 atom stereocenters. The molecular weight excluding hydrogens is 278 g/mol. The number of benzene rings is 1. The Bertz CT molecular complexity index is 481. The Hall–Kier alpha value is -1.07. The number of halogens is 2. The van der Waals surface area contributed by atoms with Crippen LogP contribution in [0.25, 0.3) is 0 Å². The highest BCUT2D eigenvalue weighted by Gasteiger charge is 2.29. The summed E-state index contributed by atoms with van der Waals surface area (Å²) in [6, 6.07) is 3.96. The predicted molar refractivity (Wildman–Crippen MR) is 78.1 cm³/mol. The maximum absolute atomic E-state index is 13.9. The van der Waals surface area contributed by atoms with Gasteiger partial charge in [0.2, 0.25) is 0 Å². The molecule has 5 heteroatoms. The zero-order chi connectivity index (χ0) is 15.6. The molecule has 0 bridgehead atoms. The monoisotopic (exact) mass is 300 g/mol. The summed E-state index contributed by atoms with van der Waals surface area (Å²) in [7, 11) is -2.18. The molecule has 0 saturated carbocycles. The number of hydrogen-bond acceptors (Lipinski definition) is 2. The summed E-state index contributed by atoms with van der Waals surface area (Å²) in [6.45, 7) is 10.2. The van der Waals surface area contributed by atoms with Crippen LogP contribution in [0.4, 0.5) is 8.78 Å². The van der Waals surface area contributed by atoms with Crippen LogP contribution >= 0.6 is 0 Å². The summed E-state index contributed by atoms with van der Waals surface area (Å²) in [5.41, 5.74) is 0.113. The average Bonchev–Trinajstić information content (AvgIpc) is 2.30. The van der Waals surface area contributed by atoms with Crippen LogP contribution in [-0.2, 0) is 9.22 Å². The summed E-state index contributed by atoms with van der Waals surface area (Å²) in [4.78, 5) is 10.8. The van der Waals surface area contributed by atoms with Gasteiger partial charge in [-0.25, -0.2) is 8.78 Å². The molecule has 20 heavy (non-hydrogen) atoms. The van der Waals surface area contributed by atoms with Crippen molar-refractivity contribution in [1.82, 2.24) is 0 Å². The maximum atomic E-state index is 13.9. The molecular formula is C15H22F2O2Si-. The van der Waals surface area contributed by atoms with Crippen LogP contribution in [0.15, 0.2) is 18.2 Å². The lowest BCUT2D eigenvalue weighted by Crippen LogP contribution is -2.42. The van der Waals surface area contributed by atoms with Gasteiger partial charge in [0.15, 0.2) is 11.6 Å². The fourth-order valence-electron chi connectivity index (χ4n) is 1.63. The topological polar surface area (TPSA) is 26.3 Å². The van der Waals surface area contributed by atoms with E-state index in [2.05, 4.69) is 20.8 Å². The average molecular weight is 300 g/mol. The number of carbonyl (C=O) groups is 1. The number of hydrogen-bond donors (Lipinski definition) is 0. The molecule has 1 unspecified atom stereocenters. The van der Waals surface area contributed by atoms with Gasteiger partial charge in [-0.05, 0) is 14.4 Å². The van der Waals surface area contributed by atoms with Crippen LogP contribution in [0.5, 0.6) is 0 Å². The van der Waals surface area contributed by atoms with Crippen molar-refractivity contribution in [3.63, 3.8) is 0 Å². The van der Waals surface area contributed by atoms with Crippen LogP contribution < -0.4 is 0 Å². The highest BCUT2D eigenvalue weighted by Crippen LogP contribution is 2.40. The highest BCUT2D eigenvalue weighted by atomic mass is 28.4. The summed E-state index contributed by atoms with van der Waals surface area (Å²) < 4.78 is 33.3. The van der Waals surface area contributed by atoms with E-state index in [1.54, 1.807) is 0 Å². The van der Waals surface area contributed by atoms with Gasteiger partial charge in [-0.15, -0.1) is 18.1 Å². The van der Waals surface area contributed by atoms with Crippen LogP contribution in [0.3, 0.4) is 0 Å². The van der Waals surface area contributed by atoms with Crippen molar-refractivity contribution in [1.29, 1.82) is 0 Å². The molecule has 2 nitrogen and oxygen atoms in total. The van der Waals surface area contributed by atoms with Crippen molar-refractivity contribution in [3.8, 4) is 0 Å². The van der Waals surface area contributed by atoms with E-state index >= 15 is 0 Å². The van der Waals surface area contributed by atoms with Crippen molar-refractivity contribution >= 4 is 14.6 Å². The smallest absolute Gasteiger partial charge is 0.164 e. The number of rotatable bonds is 5. The molecule has 1 aromatic carbocycles. The number of carbonyl (C=O) groups excluding carboxylic acids is 1. The Morgan fingerprint density at radius 1 is 1.30 bits per heavy atom. The van der Waals surface area contributed by atoms with Gasteiger partial charge in [-0.1, -0.05) is 32.9 Å². The van der Waals surface area contributed by atoms with Crippen molar-refractivity contribution in [2.75, 3.05) is 0 Å². The van der Waals surface area contributed by atoms with Gasteiger partial charge in [0, 0.05) is 12.0 Å². The van der Waals surface area contributed by atoms with E-state index in [1.165, 1.54) is 12.1 Å². The first-order valence-corrected chi connectivity index (χ1v) is 9.56. The lowest BCUT2D eigenvalue weighted by Gasteiger charge is -2.50. The molecule has 1 rings (SSSR count). The van der Waals surface area contributed by atoms with Crippen LogP contribution in [0.2, 0.25) is 18.1 Å². The normalized spacial score (nSPS) is 14.2. The third kappa shape index (κ3) is 3.73. The van der Waals surface area contributed by atoms with Crippen molar-refractivity contribution in [2.45, 2.75) is 51.4 Å². The Labute approximate surface area is 120 Å². The van der Waals surface area contributed by atoms with Gasteiger partial charge in [-0.2, -0.15) is 0 Å². The van der Waals surface area contributed by atoms with Gasteiger partial charge in [0.1, 0.15) is 6.29 Å². The molecule has 0 spiro atoms. The molecule has 0 fully saturated rings. The minimum atomic E-state index is -2.18. The van der Waals surface area contributed by atoms with Gasteiger partial charge in [0.05, 0.1) is 6.10 Å². The van der Waals surface area contributed by atoms with E-state index in [0.717, 1.165) is 6.07 Å². The minimum absolute atomic E-state index is 0.0207. The summed E-state index contributed by atoms with van der Waals surface area (Å²) in [6.07, 6.45) is -0.0289. The van der Waals surface area contributed by atoms with Gasteiger partial charge >= 0.3 is 0 Å². The number of aldehydes is 1. The van der Waals surface area contributed by atoms with Crippen LogP contribution in [0.1, 0.15) is 38.9 Å². The van der Waals surface area contributed by atoms with Gasteiger partial charge in [0.25, 0.3) is 0 Å². The van der Waals surface area contributed by atoms with E-state index < -0.39 is 26.1 Å². The van der Waals surface area contributed by atoms with Crippen LogP contribution in [-0.4, -0.2) is 14.6 Å². The highest BCUT2D eigenvalue weighted by molar-refractivity contribution is 6.74. The summed E-state index contributed by atoms with van der Waals surface area (Å²) >= 11 is 0. The molecule has 0 aliphatic rings. The molecule has 113 valence electrons. The molecule has 0 N–H and O–H groups in total. The predicted octanol–water partition coefficient (Wildman–Crippen LogP) is 4.62. The van der Waals surface area contributed by atoms with E-state index in [-0.39, 0.29) is 17.0 Å². The lowest BCUT2D eigenvalue weighted by atomic mass is 10.1. The molecule has 0 heterocycles. The largest absolute Gasteiger partial charge is 0.559 e. The Morgan fingerprint density at radius 3 is 2.40 bits per heavy atom. The first-order valence-electron chi connectivity index (χ1n) is 6.65. The van der Waals surface area contributed by atoms with E-state index in [4.69, 9.17) is 4.43 Å². The Morgan fingerprint density at radius 2 is 1.90 bits per heavy atom. The molecule has 0 saturated heterocycles. The van der Waals surface area contributed by atoms with E-state index in [9.17, 15) is 13.6 Å². The Balaban J connectivity index is 3.13. The van der Waals surface area contributed by atoms with Crippen molar-refractivity contribution in [2.24, 2.45) is 0 Å². The molecule has 0 aliphatic carbocycles. The van der Waals surface area contributed by atoms with E-state index in [0.29, 0.717) is 6.29 Å². The SMILES string of the molecule is CC(C)(C)[Si-](C)(C)OC(CC=O)c1cccc(F)c1F. The standard InChI is InChI=1S/C15H22F2O2Si/c1-15(2,3)20(4,5)19-13(9-10-18)11-7-6-8-12(16)14(11)17/h6-8,10,13H,9H2,1-5H3/q-1. The summed E-state index contributed by atoms with van der Waals surface area (Å²) in [5.74, 6) is -1.85. The molecule has 1 aromatic rings.